The van der Waals surface area contributed by atoms with Crippen LogP contribution in [0, 0.1) is 13.8 Å². The Kier molecular flexibility index (Phi) is 4.76. The van der Waals surface area contributed by atoms with Crippen LogP contribution in [-0.4, -0.2) is 25.3 Å². The topological polar surface area (TPSA) is 92.4 Å². The van der Waals surface area contributed by atoms with E-state index in [2.05, 4.69) is 9.88 Å². The van der Waals surface area contributed by atoms with Crippen molar-refractivity contribution in [2.75, 3.05) is 6.61 Å². The number of aliphatic hydroxyl groups excluding tert-OH is 1. The summed E-state index contributed by atoms with van der Waals surface area (Å²) in [5.74, 6) is 0.246. The van der Waals surface area contributed by atoms with E-state index >= 15 is 0 Å². The van der Waals surface area contributed by atoms with Crippen molar-refractivity contribution in [3.8, 4) is 0 Å². The first-order valence-electron chi connectivity index (χ1n) is 6.56. The molecule has 0 unspecified atom stereocenters. The van der Waals surface area contributed by atoms with Crippen LogP contribution < -0.4 is 4.72 Å². The minimum absolute atomic E-state index is 0.0568. The van der Waals surface area contributed by atoms with Gasteiger partial charge in [-0.3, -0.25) is 0 Å². The highest BCUT2D eigenvalue weighted by Crippen LogP contribution is 2.23. The molecule has 21 heavy (non-hydrogen) atoms. The fourth-order valence-electron chi connectivity index (χ4n) is 2.21. The fraction of sp³-hybridized carbons (Fsp3) is 0.357. The van der Waals surface area contributed by atoms with E-state index in [1.807, 2.05) is 30.3 Å². The summed E-state index contributed by atoms with van der Waals surface area (Å²) < 4.78 is 32.5. The van der Waals surface area contributed by atoms with E-state index < -0.39 is 16.1 Å². The molecule has 0 amide bonds. The molecule has 0 fully saturated rings. The van der Waals surface area contributed by atoms with Gasteiger partial charge < -0.3 is 9.63 Å². The van der Waals surface area contributed by atoms with Gasteiger partial charge in [0.15, 0.2) is 5.76 Å². The first kappa shape index (κ1) is 15.7. The average molecular weight is 310 g/mol. The van der Waals surface area contributed by atoms with Gasteiger partial charge in [-0.25, -0.2) is 13.1 Å². The van der Waals surface area contributed by atoms with Crippen LogP contribution in [0.3, 0.4) is 0 Å². The van der Waals surface area contributed by atoms with E-state index in [4.69, 9.17) is 9.63 Å². The average Bonchev–Trinajstić information content (AvgIpc) is 2.79. The summed E-state index contributed by atoms with van der Waals surface area (Å²) in [6.07, 6.45) is 0.284. The standard InChI is InChI=1S/C14H18N2O4S/c1-10-14(11(2)20-15-10)21(18,19)16-13(8-9-17)12-6-4-3-5-7-12/h3-7,13,16-17H,8-9H2,1-2H3/t13-/m1/s1. The Labute approximate surface area is 123 Å². The molecule has 0 aliphatic heterocycles. The van der Waals surface area contributed by atoms with Crippen LogP contribution in [0.25, 0.3) is 0 Å². The molecule has 1 aromatic heterocycles. The quantitative estimate of drug-likeness (QED) is 0.847. The Morgan fingerprint density at radius 1 is 1.29 bits per heavy atom. The summed E-state index contributed by atoms with van der Waals surface area (Å²) >= 11 is 0. The van der Waals surface area contributed by atoms with Gasteiger partial charge in [0.2, 0.25) is 10.0 Å². The van der Waals surface area contributed by atoms with Crippen LogP contribution in [0.1, 0.15) is 29.5 Å². The Hall–Kier alpha value is -1.70. The van der Waals surface area contributed by atoms with Crippen LogP contribution in [0.5, 0.6) is 0 Å². The van der Waals surface area contributed by atoms with Gasteiger partial charge in [0, 0.05) is 12.6 Å². The molecule has 0 saturated carbocycles. The van der Waals surface area contributed by atoms with Crippen molar-refractivity contribution in [3.05, 3.63) is 47.3 Å². The zero-order valence-corrected chi connectivity index (χ0v) is 12.7. The minimum Gasteiger partial charge on any atom is -0.396 e. The molecule has 2 aromatic rings. The van der Waals surface area contributed by atoms with Gasteiger partial charge in [0.1, 0.15) is 10.6 Å². The fourth-order valence-corrected chi connectivity index (χ4v) is 3.80. The number of aryl methyl sites for hydroxylation is 2. The molecule has 1 atom stereocenters. The third kappa shape index (κ3) is 3.49. The van der Waals surface area contributed by atoms with Crippen molar-refractivity contribution in [2.24, 2.45) is 0 Å². The van der Waals surface area contributed by atoms with Crippen molar-refractivity contribution >= 4 is 10.0 Å². The minimum atomic E-state index is -3.77. The number of hydrogen-bond acceptors (Lipinski definition) is 5. The monoisotopic (exact) mass is 310 g/mol. The van der Waals surface area contributed by atoms with Gasteiger partial charge in [-0.05, 0) is 25.8 Å². The molecule has 0 saturated heterocycles. The van der Waals surface area contributed by atoms with Gasteiger partial charge in [0.25, 0.3) is 0 Å². The Balaban J connectivity index is 2.33. The summed E-state index contributed by atoms with van der Waals surface area (Å²) in [6.45, 7) is 3.01. The largest absolute Gasteiger partial charge is 0.396 e. The summed E-state index contributed by atoms with van der Waals surface area (Å²) in [4.78, 5) is 0.0568. The van der Waals surface area contributed by atoms with Crippen molar-refractivity contribution in [1.29, 1.82) is 0 Å². The normalized spacial score (nSPS) is 13.3. The van der Waals surface area contributed by atoms with Crippen LogP contribution in [0.15, 0.2) is 39.8 Å². The molecular weight excluding hydrogens is 292 g/mol. The van der Waals surface area contributed by atoms with E-state index in [-0.39, 0.29) is 23.7 Å². The summed E-state index contributed by atoms with van der Waals surface area (Å²) in [5.41, 5.74) is 1.11. The molecule has 2 rings (SSSR count). The third-order valence-electron chi connectivity index (χ3n) is 3.15. The van der Waals surface area contributed by atoms with E-state index in [1.54, 1.807) is 13.8 Å². The van der Waals surface area contributed by atoms with E-state index in [9.17, 15) is 8.42 Å². The van der Waals surface area contributed by atoms with Crippen LogP contribution in [0.2, 0.25) is 0 Å². The lowest BCUT2D eigenvalue weighted by Crippen LogP contribution is -2.30. The second-order valence-electron chi connectivity index (χ2n) is 4.75. The number of nitrogens with zero attached hydrogens (tertiary/aromatic N) is 1. The van der Waals surface area contributed by atoms with Crippen LogP contribution >= 0.6 is 0 Å². The number of benzene rings is 1. The molecule has 114 valence electrons. The second kappa shape index (κ2) is 6.38. The van der Waals surface area contributed by atoms with Gasteiger partial charge >= 0.3 is 0 Å². The lowest BCUT2D eigenvalue weighted by atomic mass is 10.1. The number of aliphatic hydroxyl groups is 1. The first-order valence-corrected chi connectivity index (χ1v) is 8.05. The first-order chi connectivity index (χ1) is 9.95. The van der Waals surface area contributed by atoms with Gasteiger partial charge in [-0.1, -0.05) is 35.5 Å². The Bertz CT molecular complexity index is 676. The summed E-state index contributed by atoms with van der Waals surface area (Å²) in [6, 6.07) is 8.62. The molecular formula is C14H18N2O4S. The van der Waals surface area contributed by atoms with Crippen molar-refractivity contribution in [1.82, 2.24) is 9.88 Å². The highest BCUT2D eigenvalue weighted by Gasteiger charge is 2.27. The molecule has 0 spiro atoms. The summed E-state index contributed by atoms with van der Waals surface area (Å²) in [7, 11) is -3.77. The van der Waals surface area contributed by atoms with E-state index in [1.165, 1.54) is 0 Å². The number of sulfonamides is 1. The lowest BCUT2D eigenvalue weighted by molar-refractivity contribution is 0.272. The van der Waals surface area contributed by atoms with E-state index in [0.717, 1.165) is 5.56 Å². The highest BCUT2D eigenvalue weighted by molar-refractivity contribution is 7.89. The Morgan fingerprint density at radius 2 is 1.95 bits per heavy atom. The molecule has 2 N–H and O–H groups in total. The van der Waals surface area contributed by atoms with Crippen molar-refractivity contribution in [3.63, 3.8) is 0 Å². The zero-order chi connectivity index (χ0) is 15.5. The zero-order valence-electron chi connectivity index (χ0n) is 11.9. The van der Waals surface area contributed by atoms with Crippen LogP contribution in [-0.2, 0) is 10.0 Å². The third-order valence-corrected chi connectivity index (χ3v) is 4.87. The van der Waals surface area contributed by atoms with Crippen molar-refractivity contribution in [2.45, 2.75) is 31.2 Å². The smallest absolute Gasteiger partial charge is 0.246 e. The molecule has 0 radical (unpaired) electrons. The maximum Gasteiger partial charge on any atom is 0.246 e. The number of nitrogens with one attached hydrogen (secondary N) is 1. The lowest BCUT2D eigenvalue weighted by Gasteiger charge is -2.18. The predicted octanol–water partition coefficient (Wildman–Crippen LogP) is 1.69. The highest BCUT2D eigenvalue weighted by atomic mass is 32.2. The molecule has 0 aliphatic carbocycles. The SMILES string of the molecule is Cc1noc(C)c1S(=O)(=O)N[C@H](CCO)c1ccccc1. The molecule has 1 aromatic carbocycles. The van der Waals surface area contributed by atoms with E-state index in [0.29, 0.717) is 5.69 Å². The summed E-state index contributed by atoms with van der Waals surface area (Å²) in [5, 5.41) is 12.8. The number of hydrogen-bond donors (Lipinski definition) is 2. The van der Waals surface area contributed by atoms with Gasteiger partial charge in [-0.15, -0.1) is 0 Å². The van der Waals surface area contributed by atoms with Gasteiger partial charge in [0.05, 0.1) is 0 Å². The molecule has 0 aliphatic rings. The molecule has 0 bridgehead atoms. The maximum atomic E-state index is 12.5. The van der Waals surface area contributed by atoms with Gasteiger partial charge in [-0.2, -0.15) is 0 Å². The molecule has 7 heteroatoms. The maximum absolute atomic E-state index is 12.5. The number of aromatic nitrogens is 1. The molecule has 1 heterocycles. The second-order valence-corrected chi connectivity index (χ2v) is 6.40. The van der Waals surface area contributed by atoms with Crippen molar-refractivity contribution < 1.29 is 18.0 Å². The molecule has 6 nitrogen and oxygen atoms in total. The Morgan fingerprint density at radius 3 is 2.48 bits per heavy atom. The van der Waals surface area contributed by atoms with Crippen LogP contribution in [0.4, 0.5) is 0 Å². The number of rotatable bonds is 6. The predicted molar refractivity (Wildman–Crippen MR) is 77.2 cm³/mol.